The van der Waals surface area contributed by atoms with Gasteiger partial charge in [-0.15, -0.1) is 11.3 Å². The summed E-state index contributed by atoms with van der Waals surface area (Å²) < 4.78 is 27.0. The first-order chi connectivity index (χ1) is 9.89. The number of hydrogen-bond donors (Lipinski definition) is 0. The number of sulfonamides is 1. The number of ketones is 1. The summed E-state index contributed by atoms with van der Waals surface area (Å²) in [4.78, 5) is 15.4. The van der Waals surface area contributed by atoms with Gasteiger partial charge in [-0.3, -0.25) is 9.10 Å². The zero-order valence-electron chi connectivity index (χ0n) is 11.7. The minimum absolute atomic E-state index is 0.0165. The van der Waals surface area contributed by atoms with E-state index in [9.17, 15) is 13.2 Å². The molecule has 0 unspecified atom stereocenters. The number of Topliss-reactive ketones (excluding diaryl/α,β-unsaturated/α-hetero) is 1. The van der Waals surface area contributed by atoms with Gasteiger partial charge < -0.3 is 0 Å². The zero-order valence-corrected chi connectivity index (χ0v) is 13.3. The monoisotopic (exact) mass is 322 g/mol. The Morgan fingerprint density at radius 1 is 1.38 bits per heavy atom. The molecule has 7 heteroatoms. The first-order valence-electron chi connectivity index (χ1n) is 6.48. The third-order valence-electron chi connectivity index (χ3n) is 3.48. The molecule has 0 radical (unpaired) electrons. The molecule has 0 spiro atoms. The first-order valence-corrected chi connectivity index (χ1v) is 8.74. The average Bonchev–Trinajstić information content (AvgIpc) is 3.04. The maximum absolute atomic E-state index is 12.7. The van der Waals surface area contributed by atoms with Gasteiger partial charge in [0, 0.05) is 12.1 Å². The summed E-state index contributed by atoms with van der Waals surface area (Å²) in [6.07, 6.45) is 2.02. The lowest BCUT2D eigenvalue weighted by Gasteiger charge is -2.18. The number of fused-ring (bicyclic) bond motifs is 1. The summed E-state index contributed by atoms with van der Waals surface area (Å²) in [6, 6.07) is 5.17. The summed E-state index contributed by atoms with van der Waals surface area (Å²) in [7, 11) is -3.56. The topological polar surface area (TPSA) is 67.3 Å². The molecule has 1 aromatic carbocycles. The number of aromatic nitrogens is 1. The Hall–Kier alpha value is -1.73. The maximum atomic E-state index is 12.7. The Bertz CT molecular complexity index is 824. The molecule has 2 aromatic rings. The molecular weight excluding hydrogens is 308 g/mol. The fraction of sp³-hybridized carbons (Fsp3) is 0.286. The van der Waals surface area contributed by atoms with Gasteiger partial charge in [0.1, 0.15) is 0 Å². The maximum Gasteiger partial charge on any atom is 0.275 e. The molecule has 1 aliphatic heterocycles. The van der Waals surface area contributed by atoms with E-state index in [1.807, 2.05) is 0 Å². The van der Waals surface area contributed by atoms with Crippen LogP contribution in [0.15, 0.2) is 28.6 Å². The zero-order chi connectivity index (χ0) is 15.2. The number of anilines is 1. The SMILES string of the molecule is CC(=O)c1ccc2c(c1)CCN2S(=O)(=O)c1cnc(C)s1. The van der Waals surface area contributed by atoms with Crippen molar-refractivity contribution in [2.45, 2.75) is 24.5 Å². The van der Waals surface area contributed by atoms with Gasteiger partial charge in [-0.25, -0.2) is 13.4 Å². The van der Waals surface area contributed by atoms with Crippen LogP contribution < -0.4 is 4.31 Å². The molecule has 1 aromatic heterocycles. The Morgan fingerprint density at radius 2 is 2.14 bits per heavy atom. The quantitative estimate of drug-likeness (QED) is 0.814. The third-order valence-corrected chi connectivity index (χ3v) is 6.65. The highest BCUT2D eigenvalue weighted by atomic mass is 32.2. The van der Waals surface area contributed by atoms with Gasteiger partial charge in [-0.2, -0.15) is 0 Å². The van der Waals surface area contributed by atoms with E-state index in [2.05, 4.69) is 4.98 Å². The molecule has 0 bridgehead atoms. The van der Waals surface area contributed by atoms with E-state index in [1.54, 1.807) is 25.1 Å². The molecule has 0 N–H and O–H groups in total. The summed E-state index contributed by atoms with van der Waals surface area (Å²) in [5.41, 5.74) is 2.17. The van der Waals surface area contributed by atoms with Crippen LogP contribution in [0.2, 0.25) is 0 Å². The van der Waals surface area contributed by atoms with Crippen molar-refractivity contribution in [1.82, 2.24) is 4.98 Å². The molecular formula is C14H14N2O3S2. The molecule has 5 nitrogen and oxygen atoms in total. The molecule has 0 atom stereocenters. The van der Waals surface area contributed by atoms with E-state index in [4.69, 9.17) is 0 Å². The molecule has 0 aliphatic carbocycles. The minimum Gasteiger partial charge on any atom is -0.295 e. The average molecular weight is 322 g/mol. The van der Waals surface area contributed by atoms with Crippen molar-refractivity contribution >= 4 is 32.8 Å². The van der Waals surface area contributed by atoms with Crippen LogP contribution in [0.1, 0.15) is 27.9 Å². The molecule has 21 heavy (non-hydrogen) atoms. The summed E-state index contributed by atoms with van der Waals surface area (Å²) in [6.45, 7) is 3.68. The minimum atomic E-state index is -3.56. The number of benzene rings is 1. The lowest BCUT2D eigenvalue weighted by atomic mass is 10.1. The van der Waals surface area contributed by atoms with Gasteiger partial charge in [0.05, 0.1) is 16.9 Å². The fourth-order valence-corrected chi connectivity index (χ4v) is 5.14. The highest BCUT2D eigenvalue weighted by molar-refractivity contribution is 7.94. The fourth-order valence-electron chi connectivity index (χ4n) is 2.41. The van der Waals surface area contributed by atoms with Crippen molar-refractivity contribution < 1.29 is 13.2 Å². The van der Waals surface area contributed by atoms with E-state index < -0.39 is 10.0 Å². The molecule has 0 amide bonds. The predicted molar refractivity (Wildman–Crippen MR) is 81.5 cm³/mol. The van der Waals surface area contributed by atoms with Crippen LogP contribution in [0.3, 0.4) is 0 Å². The molecule has 110 valence electrons. The number of rotatable bonds is 3. The lowest BCUT2D eigenvalue weighted by Crippen LogP contribution is -2.28. The third kappa shape index (κ3) is 2.36. The van der Waals surface area contributed by atoms with Gasteiger partial charge >= 0.3 is 0 Å². The molecule has 3 rings (SSSR count). The van der Waals surface area contributed by atoms with E-state index in [1.165, 1.54) is 28.8 Å². The number of carbonyl (C=O) groups excluding carboxylic acids is 1. The lowest BCUT2D eigenvalue weighted by molar-refractivity contribution is 0.101. The number of hydrogen-bond acceptors (Lipinski definition) is 5. The number of thiazole rings is 1. The Balaban J connectivity index is 2.03. The summed E-state index contributed by atoms with van der Waals surface area (Å²) >= 11 is 1.17. The van der Waals surface area contributed by atoms with Crippen LogP contribution in [0.4, 0.5) is 5.69 Å². The highest BCUT2D eigenvalue weighted by Gasteiger charge is 2.32. The van der Waals surface area contributed by atoms with Crippen LogP contribution >= 0.6 is 11.3 Å². The Morgan fingerprint density at radius 3 is 2.76 bits per heavy atom. The predicted octanol–water partition coefficient (Wildman–Crippen LogP) is 2.41. The first kappa shape index (κ1) is 14.2. The molecule has 2 heterocycles. The van der Waals surface area contributed by atoms with E-state index in [0.717, 1.165) is 10.6 Å². The van der Waals surface area contributed by atoms with Crippen LogP contribution in [0.25, 0.3) is 0 Å². The van der Waals surface area contributed by atoms with E-state index in [0.29, 0.717) is 24.2 Å². The smallest absolute Gasteiger partial charge is 0.275 e. The van der Waals surface area contributed by atoms with Crippen molar-refractivity contribution in [3.8, 4) is 0 Å². The Kier molecular flexibility index (Phi) is 3.33. The molecule has 0 saturated carbocycles. The highest BCUT2D eigenvalue weighted by Crippen LogP contribution is 2.34. The second kappa shape index (κ2) is 4.92. The van der Waals surface area contributed by atoms with Gasteiger partial charge in [-0.05, 0) is 44.0 Å². The van der Waals surface area contributed by atoms with Crippen molar-refractivity contribution in [3.05, 3.63) is 40.5 Å². The van der Waals surface area contributed by atoms with E-state index >= 15 is 0 Å². The van der Waals surface area contributed by atoms with Crippen molar-refractivity contribution in [3.63, 3.8) is 0 Å². The summed E-state index contributed by atoms with van der Waals surface area (Å²) in [5.74, 6) is -0.0165. The van der Waals surface area contributed by atoms with Crippen molar-refractivity contribution in [1.29, 1.82) is 0 Å². The summed E-state index contributed by atoms with van der Waals surface area (Å²) in [5, 5.41) is 0.722. The normalized spacial score (nSPS) is 14.3. The van der Waals surface area contributed by atoms with Crippen molar-refractivity contribution in [2.75, 3.05) is 10.8 Å². The standard InChI is InChI=1S/C14H14N2O3S2/c1-9(17)11-3-4-13-12(7-11)5-6-16(13)21(18,19)14-8-15-10(2)20-14/h3-4,7-8H,5-6H2,1-2H3. The van der Waals surface area contributed by atoms with Gasteiger partial charge in [0.15, 0.2) is 9.99 Å². The van der Waals surface area contributed by atoms with Gasteiger partial charge in [0.25, 0.3) is 10.0 Å². The van der Waals surface area contributed by atoms with Gasteiger partial charge in [0.2, 0.25) is 0 Å². The van der Waals surface area contributed by atoms with Crippen LogP contribution in [-0.4, -0.2) is 25.7 Å². The second-order valence-corrected chi connectivity index (χ2v) is 8.25. The van der Waals surface area contributed by atoms with Crippen LogP contribution in [0.5, 0.6) is 0 Å². The Labute approximate surface area is 127 Å². The number of nitrogens with zero attached hydrogens (tertiary/aromatic N) is 2. The second-order valence-electron chi connectivity index (χ2n) is 4.93. The molecule has 1 aliphatic rings. The number of carbonyl (C=O) groups is 1. The molecule has 0 saturated heterocycles. The largest absolute Gasteiger partial charge is 0.295 e. The van der Waals surface area contributed by atoms with Crippen LogP contribution in [0, 0.1) is 6.92 Å². The van der Waals surface area contributed by atoms with Crippen LogP contribution in [-0.2, 0) is 16.4 Å². The van der Waals surface area contributed by atoms with Gasteiger partial charge in [-0.1, -0.05) is 0 Å². The van der Waals surface area contributed by atoms with E-state index in [-0.39, 0.29) is 9.99 Å². The number of aryl methyl sites for hydroxylation is 1. The van der Waals surface area contributed by atoms with Crippen molar-refractivity contribution in [2.24, 2.45) is 0 Å². The molecule has 0 fully saturated rings.